The first kappa shape index (κ1) is 13.4. The van der Waals surface area contributed by atoms with Crippen LogP contribution in [0.4, 0.5) is 11.4 Å². The summed E-state index contributed by atoms with van der Waals surface area (Å²) < 4.78 is 0. The third-order valence-electron chi connectivity index (χ3n) is 2.87. The Bertz CT molecular complexity index is 563. The van der Waals surface area contributed by atoms with Gasteiger partial charge in [0.15, 0.2) is 0 Å². The molecule has 1 aromatic rings. The molecule has 19 heavy (non-hydrogen) atoms. The fourth-order valence-corrected chi connectivity index (χ4v) is 2.22. The quantitative estimate of drug-likeness (QED) is 0.503. The zero-order chi connectivity index (χ0) is 14.0. The van der Waals surface area contributed by atoms with Crippen LogP contribution in [0, 0.1) is 10.1 Å². The molecule has 1 aliphatic rings. The van der Waals surface area contributed by atoms with Crippen LogP contribution in [0.25, 0.3) is 0 Å². The number of carboxylic acid groups (broad SMARTS) is 1. The summed E-state index contributed by atoms with van der Waals surface area (Å²) in [5, 5.41) is 22.9. The predicted molar refractivity (Wildman–Crippen MR) is 70.9 cm³/mol. The van der Waals surface area contributed by atoms with Crippen molar-refractivity contribution < 1.29 is 14.8 Å². The molecule has 0 unspecified atom stereocenters. The van der Waals surface area contributed by atoms with Crippen molar-refractivity contribution in [3.8, 4) is 0 Å². The molecule has 0 spiro atoms. The molecule has 0 saturated heterocycles. The molecule has 0 amide bonds. The van der Waals surface area contributed by atoms with Gasteiger partial charge in [0.2, 0.25) is 0 Å². The maximum atomic E-state index is 11.2. The van der Waals surface area contributed by atoms with Gasteiger partial charge in [0.1, 0.15) is 0 Å². The van der Waals surface area contributed by atoms with Crippen LogP contribution in [-0.2, 0) is 0 Å². The van der Waals surface area contributed by atoms with Crippen molar-refractivity contribution in [3.05, 3.63) is 45.0 Å². The van der Waals surface area contributed by atoms with Crippen LogP contribution in [0.1, 0.15) is 23.2 Å². The topological polar surface area (TPSA) is 92.5 Å². The Kier molecular flexibility index (Phi) is 3.71. The SMILES string of the molecule is O=C(O)c1cc([N+](=O)[O-])cc(Cl)c1NC1CC=CC1. The number of halogens is 1. The Morgan fingerprint density at radius 3 is 2.58 bits per heavy atom. The minimum atomic E-state index is -1.25. The Labute approximate surface area is 113 Å². The fraction of sp³-hybridized carbons (Fsp3) is 0.250. The number of nitro benzene ring substituents is 1. The third kappa shape index (κ3) is 2.85. The molecule has 0 heterocycles. The molecule has 6 nitrogen and oxygen atoms in total. The summed E-state index contributed by atoms with van der Waals surface area (Å²) in [5.41, 5.74) is -0.294. The number of carbonyl (C=O) groups is 1. The number of carboxylic acids is 1. The average molecular weight is 283 g/mol. The van der Waals surface area contributed by atoms with Gasteiger partial charge in [0.05, 0.1) is 21.2 Å². The van der Waals surface area contributed by atoms with Gasteiger partial charge < -0.3 is 10.4 Å². The summed E-state index contributed by atoms with van der Waals surface area (Å²) in [6.45, 7) is 0. The van der Waals surface area contributed by atoms with E-state index in [1.807, 2.05) is 12.2 Å². The molecule has 1 aromatic carbocycles. The van der Waals surface area contributed by atoms with E-state index in [-0.39, 0.29) is 28.0 Å². The number of rotatable bonds is 4. The van der Waals surface area contributed by atoms with Crippen molar-refractivity contribution >= 4 is 28.9 Å². The van der Waals surface area contributed by atoms with Gasteiger partial charge in [-0.1, -0.05) is 23.8 Å². The number of hydrogen-bond acceptors (Lipinski definition) is 4. The normalized spacial score (nSPS) is 14.6. The van der Waals surface area contributed by atoms with Crippen molar-refractivity contribution in [3.63, 3.8) is 0 Å². The monoisotopic (exact) mass is 282 g/mol. The number of benzene rings is 1. The lowest BCUT2D eigenvalue weighted by molar-refractivity contribution is -0.384. The minimum Gasteiger partial charge on any atom is -0.478 e. The summed E-state index contributed by atoms with van der Waals surface area (Å²) in [6.07, 6.45) is 5.51. The molecule has 0 atom stereocenters. The zero-order valence-electron chi connectivity index (χ0n) is 9.80. The first-order valence-corrected chi connectivity index (χ1v) is 5.99. The second kappa shape index (κ2) is 5.27. The molecule has 0 aromatic heterocycles. The second-order valence-electron chi connectivity index (χ2n) is 4.20. The van der Waals surface area contributed by atoms with Crippen LogP contribution in [0.15, 0.2) is 24.3 Å². The van der Waals surface area contributed by atoms with E-state index >= 15 is 0 Å². The van der Waals surface area contributed by atoms with Gasteiger partial charge in [-0.15, -0.1) is 0 Å². The van der Waals surface area contributed by atoms with Crippen LogP contribution in [-0.4, -0.2) is 22.0 Å². The van der Waals surface area contributed by atoms with Crippen molar-refractivity contribution in [2.45, 2.75) is 18.9 Å². The molecule has 0 bridgehead atoms. The van der Waals surface area contributed by atoms with Gasteiger partial charge in [0.25, 0.3) is 5.69 Å². The van der Waals surface area contributed by atoms with E-state index < -0.39 is 10.9 Å². The Hall–Kier alpha value is -2.08. The summed E-state index contributed by atoms with van der Waals surface area (Å²) in [4.78, 5) is 21.2. The van der Waals surface area contributed by atoms with Gasteiger partial charge in [-0.05, 0) is 12.8 Å². The van der Waals surface area contributed by atoms with Crippen molar-refractivity contribution in [1.29, 1.82) is 0 Å². The lowest BCUT2D eigenvalue weighted by Crippen LogP contribution is -2.18. The smallest absolute Gasteiger partial charge is 0.338 e. The largest absolute Gasteiger partial charge is 0.478 e. The van der Waals surface area contributed by atoms with E-state index in [0.717, 1.165) is 25.0 Å². The number of nitrogens with one attached hydrogen (secondary N) is 1. The van der Waals surface area contributed by atoms with Crippen LogP contribution < -0.4 is 5.32 Å². The van der Waals surface area contributed by atoms with E-state index in [1.54, 1.807) is 0 Å². The highest BCUT2D eigenvalue weighted by Gasteiger charge is 2.22. The highest BCUT2D eigenvalue weighted by molar-refractivity contribution is 6.34. The highest BCUT2D eigenvalue weighted by atomic mass is 35.5. The lowest BCUT2D eigenvalue weighted by Gasteiger charge is -2.16. The molecule has 0 fully saturated rings. The van der Waals surface area contributed by atoms with E-state index in [0.29, 0.717) is 0 Å². The summed E-state index contributed by atoms with van der Waals surface area (Å²) in [5.74, 6) is -1.25. The van der Waals surface area contributed by atoms with Crippen molar-refractivity contribution in [2.24, 2.45) is 0 Å². The number of hydrogen-bond donors (Lipinski definition) is 2. The predicted octanol–water partition coefficient (Wildman–Crippen LogP) is 3.08. The first-order chi connectivity index (χ1) is 8.99. The minimum absolute atomic E-state index is 0.0403. The second-order valence-corrected chi connectivity index (χ2v) is 4.60. The van der Waals surface area contributed by atoms with E-state index in [9.17, 15) is 14.9 Å². The van der Waals surface area contributed by atoms with E-state index in [1.165, 1.54) is 0 Å². The summed E-state index contributed by atoms with van der Waals surface area (Å²) in [7, 11) is 0. The molecule has 2 N–H and O–H groups in total. The van der Waals surface area contributed by atoms with Crippen LogP contribution in [0.3, 0.4) is 0 Å². The first-order valence-electron chi connectivity index (χ1n) is 5.62. The van der Waals surface area contributed by atoms with Gasteiger partial charge in [0, 0.05) is 18.2 Å². The Balaban J connectivity index is 2.40. The molecular formula is C12H11ClN2O4. The molecule has 1 aliphatic carbocycles. The maximum Gasteiger partial charge on any atom is 0.338 e. The maximum absolute atomic E-state index is 11.2. The molecule has 100 valence electrons. The zero-order valence-corrected chi connectivity index (χ0v) is 10.6. The van der Waals surface area contributed by atoms with Crippen LogP contribution in [0.5, 0.6) is 0 Å². The molecule has 0 radical (unpaired) electrons. The van der Waals surface area contributed by atoms with Crippen molar-refractivity contribution in [1.82, 2.24) is 0 Å². The number of nitrogens with zero attached hydrogens (tertiary/aromatic N) is 1. The number of aromatic carboxylic acids is 1. The van der Waals surface area contributed by atoms with E-state index in [2.05, 4.69) is 5.32 Å². The van der Waals surface area contributed by atoms with Gasteiger partial charge >= 0.3 is 5.97 Å². The van der Waals surface area contributed by atoms with Gasteiger partial charge in [-0.2, -0.15) is 0 Å². The molecule has 7 heteroatoms. The van der Waals surface area contributed by atoms with Crippen LogP contribution in [0.2, 0.25) is 5.02 Å². The molecular weight excluding hydrogens is 272 g/mol. The number of anilines is 1. The van der Waals surface area contributed by atoms with Crippen LogP contribution >= 0.6 is 11.6 Å². The molecule has 0 aliphatic heterocycles. The highest BCUT2D eigenvalue weighted by Crippen LogP contribution is 2.33. The third-order valence-corrected chi connectivity index (χ3v) is 3.17. The Morgan fingerprint density at radius 2 is 2.05 bits per heavy atom. The fourth-order valence-electron chi connectivity index (χ4n) is 1.95. The average Bonchev–Trinajstić information content (AvgIpc) is 2.83. The lowest BCUT2D eigenvalue weighted by atomic mass is 10.1. The summed E-state index contributed by atoms with van der Waals surface area (Å²) in [6, 6.07) is 2.23. The summed E-state index contributed by atoms with van der Waals surface area (Å²) >= 11 is 5.95. The van der Waals surface area contributed by atoms with Crippen molar-refractivity contribution in [2.75, 3.05) is 5.32 Å². The standard InChI is InChI=1S/C12H11ClN2O4/c13-10-6-8(15(18)19)5-9(12(16)17)11(10)14-7-3-1-2-4-7/h1-2,5-7,14H,3-4H2,(H,16,17). The molecule has 2 rings (SSSR count). The molecule has 0 saturated carbocycles. The van der Waals surface area contributed by atoms with Gasteiger partial charge in [-0.25, -0.2) is 4.79 Å². The number of non-ortho nitro benzene ring substituents is 1. The Morgan fingerprint density at radius 1 is 1.42 bits per heavy atom. The van der Waals surface area contributed by atoms with E-state index in [4.69, 9.17) is 16.7 Å². The van der Waals surface area contributed by atoms with Gasteiger partial charge in [-0.3, -0.25) is 10.1 Å². The number of nitro groups is 1.